The second-order valence-electron chi connectivity index (χ2n) is 7.22. The van der Waals surface area contributed by atoms with Crippen molar-refractivity contribution in [2.24, 2.45) is 0 Å². The van der Waals surface area contributed by atoms with E-state index in [4.69, 9.17) is 22.1 Å². The standard InChI is InChI=1S/C21H18ClN5O3S/c22-17-10-15(6-7-16(17)18-8-9-19-20(24-18)21(23)26-25-19)31(28,29)27-11-14(12-27)30-13-4-2-1-3-5-13/h1-10,14H,11-12H2,(H3,23,25,26). The number of nitrogens with two attached hydrogens (primary N) is 1. The summed E-state index contributed by atoms with van der Waals surface area (Å²) in [5.74, 6) is 1.01. The largest absolute Gasteiger partial charge is 0.488 e. The SMILES string of the molecule is Nc1n[nH]c2ccc(-c3ccc(S(=O)(=O)N4CC(Oc5ccccc5)C4)cc3Cl)nc12. The summed E-state index contributed by atoms with van der Waals surface area (Å²) in [6.45, 7) is 0.573. The highest BCUT2D eigenvalue weighted by Gasteiger charge is 2.38. The minimum atomic E-state index is -3.67. The number of sulfonamides is 1. The molecule has 8 nitrogen and oxygen atoms in total. The van der Waals surface area contributed by atoms with Gasteiger partial charge in [-0.05, 0) is 42.5 Å². The number of nitrogen functional groups attached to an aromatic ring is 1. The van der Waals surface area contributed by atoms with E-state index in [1.54, 1.807) is 18.2 Å². The molecule has 2 aromatic heterocycles. The van der Waals surface area contributed by atoms with Crippen LogP contribution in [-0.4, -0.2) is 47.1 Å². The molecule has 10 heteroatoms. The van der Waals surface area contributed by atoms with Crippen molar-refractivity contribution in [3.05, 3.63) is 65.7 Å². The van der Waals surface area contributed by atoms with Crippen LogP contribution in [0.15, 0.2) is 65.6 Å². The Kier molecular flexibility index (Phi) is 4.81. The number of halogens is 1. The minimum Gasteiger partial charge on any atom is -0.488 e. The Labute approximate surface area is 183 Å². The molecule has 0 radical (unpaired) electrons. The van der Waals surface area contributed by atoms with Crippen molar-refractivity contribution < 1.29 is 13.2 Å². The van der Waals surface area contributed by atoms with Crippen LogP contribution >= 0.6 is 11.6 Å². The lowest BCUT2D eigenvalue weighted by Crippen LogP contribution is -2.55. The fraction of sp³-hybridized carbons (Fsp3) is 0.143. The van der Waals surface area contributed by atoms with Crippen LogP contribution in [0.4, 0.5) is 5.82 Å². The lowest BCUT2D eigenvalue weighted by Gasteiger charge is -2.37. The van der Waals surface area contributed by atoms with Gasteiger partial charge in [0.25, 0.3) is 0 Å². The maximum atomic E-state index is 13.0. The summed E-state index contributed by atoms with van der Waals surface area (Å²) in [6.07, 6.45) is -0.178. The number of pyridine rings is 1. The van der Waals surface area contributed by atoms with Crippen LogP contribution in [0.25, 0.3) is 22.3 Å². The van der Waals surface area contributed by atoms with Gasteiger partial charge in [-0.1, -0.05) is 29.8 Å². The Morgan fingerprint density at radius 2 is 1.87 bits per heavy atom. The zero-order valence-electron chi connectivity index (χ0n) is 16.2. The van der Waals surface area contributed by atoms with Crippen molar-refractivity contribution in [2.45, 2.75) is 11.0 Å². The minimum absolute atomic E-state index is 0.128. The molecule has 3 N–H and O–H groups in total. The number of ether oxygens (including phenoxy) is 1. The normalized spacial score (nSPS) is 15.1. The topological polar surface area (TPSA) is 114 Å². The van der Waals surface area contributed by atoms with Gasteiger partial charge in [-0.3, -0.25) is 5.10 Å². The van der Waals surface area contributed by atoms with E-state index in [2.05, 4.69) is 15.2 Å². The third kappa shape index (κ3) is 3.60. The number of hydrogen-bond donors (Lipinski definition) is 2. The molecule has 5 rings (SSSR count). The summed E-state index contributed by atoms with van der Waals surface area (Å²) in [6, 6.07) is 17.5. The molecular weight excluding hydrogens is 438 g/mol. The Morgan fingerprint density at radius 1 is 1.10 bits per heavy atom. The van der Waals surface area contributed by atoms with Crippen LogP contribution < -0.4 is 10.5 Å². The van der Waals surface area contributed by atoms with E-state index in [0.717, 1.165) is 5.75 Å². The number of benzene rings is 2. The molecule has 3 heterocycles. The van der Waals surface area contributed by atoms with Gasteiger partial charge in [0.05, 0.1) is 34.2 Å². The number of aromatic nitrogens is 3. The second kappa shape index (κ2) is 7.52. The van der Waals surface area contributed by atoms with E-state index in [9.17, 15) is 8.42 Å². The van der Waals surface area contributed by atoms with E-state index >= 15 is 0 Å². The molecule has 31 heavy (non-hydrogen) atoms. The Morgan fingerprint density at radius 3 is 2.61 bits per heavy atom. The van der Waals surface area contributed by atoms with Gasteiger partial charge in [-0.25, -0.2) is 13.4 Å². The van der Waals surface area contributed by atoms with E-state index in [0.29, 0.717) is 22.3 Å². The second-order valence-corrected chi connectivity index (χ2v) is 9.56. The number of rotatable bonds is 5. The first kappa shape index (κ1) is 19.8. The Hall–Kier alpha value is -3.14. The molecule has 0 bridgehead atoms. The molecule has 1 fully saturated rings. The lowest BCUT2D eigenvalue weighted by molar-refractivity contribution is 0.0762. The van der Waals surface area contributed by atoms with Crippen LogP contribution in [-0.2, 0) is 10.0 Å². The fourth-order valence-corrected chi connectivity index (χ4v) is 5.32. The molecule has 4 aromatic rings. The van der Waals surface area contributed by atoms with Crippen LogP contribution in [0.5, 0.6) is 5.75 Å². The van der Waals surface area contributed by atoms with Crippen molar-refractivity contribution >= 4 is 38.5 Å². The molecule has 158 valence electrons. The number of nitrogens with zero attached hydrogens (tertiary/aromatic N) is 3. The molecule has 1 aliphatic rings. The molecule has 0 saturated carbocycles. The van der Waals surface area contributed by atoms with Gasteiger partial charge in [0, 0.05) is 5.56 Å². The van der Waals surface area contributed by atoms with Crippen molar-refractivity contribution in [1.29, 1.82) is 0 Å². The lowest BCUT2D eigenvalue weighted by atomic mass is 10.1. The smallest absolute Gasteiger partial charge is 0.243 e. The van der Waals surface area contributed by atoms with Gasteiger partial charge in [0.15, 0.2) is 5.82 Å². The quantitative estimate of drug-likeness (QED) is 0.477. The monoisotopic (exact) mass is 455 g/mol. The molecule has 0 unspecified atom stereocenters. The fourth-order valence-electron chi connectivity index (χ4n) is 3.44. The summed E-state index contributed by atoms with van der Waals surface area (Å²) < 4.78 is 33.1. The van der Waals surface area contributed by atoms with Gasteiger partial charge in [-0.2, -0.15) is 9.40 Å². The van der Waals surface area contributed by atoms with E-state index in [1.165, 1.54) is 16.4 Å². The first-order chi connectivity index (χ1) is 14.9. The summed E-state index contributed by atoms with van der Waals surface area (Å²) >= 11 is 6.43. The molecule has 2 aromatic carbocycles. The number of hydrogen-bond acceptors (Lipinski definition) is 6. The van der Waals surface area contributed by atoms with Gasteiger partial charge in [-0.15, -0.1) is 0 Å². The molecule has 0 atom stereocenters. The predicted molar refractivity (Wildman–Crippen MR) is 118 cm³/mol. The van der Waals surface area contributed by atoms with E-state index < -0.39 is 10.0 Å². The Bertz CT molecular complexity index is 1370. The highest BCUT2D eigenvalue weighted by atomic mass is 35.5. The Balaban J connectivity index is 1.35. The van der Waals surface area contributed by atoms with Crippen molar-refractivity contribution in [1.82, 2.24) is 19.5 Å². The zero-order chi connectivity index (χ0) is 21.6. The first-order valence-electron chi connectivity index (χ1n) is 9.54. The average molecular weight is 456 g/mol. The van der Waals surface area contributed by atoms with Crippen LogP contribution in [0.2, 0.25) is 5.02 Å². The van der Waals surface area contributed by atoms with Crippen molar-refractivity contribution in [3.63, 3.8) is 0 Å². The molecule has 0 aliphatic carbocycles. The molecule has 1 aliphatic heterocycles. The maximum Gasteiger partial charge on any atom is 0.243 e. The highest BCUT2D eigenvalue weighted by Crippen LogP contribution is 2.32. The average Bonchev–Trinajstić information content (AvgIpc) is 3.11. The summed E-state index contributed by atoms with van der Waals surface area (Å²) in [4.78, 5) is 4.62. The van der Waals surface area contributed by atoms with Crippen LogP contribution in [0.1, 0.15) is 0 Å². The molecule has 1 saturated heterocycles. The number of nitrogens with one attached hydrogen (secondary N) is 1. The van der Waals surface area contributed by atoms with Crippen LogP contribution in [0.3, 0.4) is 0 Å². The first-order valence-corrected chi connectivity index (χ1v) is 11.4. The maximum absolute atomic E-state index is 13.0. The van der Waals surface area contributed by atoms with Gasteiger partial charge < -0.3 is 10.5 Å². The van der Waals surface area contributed by atoms with E-state index in [1.807, 2.05) is 30.3 Å². The third-order valence-corrected chi connectivity index (χ3v) is 7.29. The third-order valence-electron chi connectivity index (χ3n) is 5.15. The number of fused-ring (bicyclic) bond motifs is 1. The summed E-state index contributed by atoms with van der Waals surface area (Å²) in [5.41, 5.74) is 8.26. The van der Waals surface area contributed by atoms with Crippen molar-refractivity contribution in [3.8, 4) is 17.0 Å². The molecular formula is C21H18ClN5O3S. The summed E-state index contributed by atoms with van der Waals surface area (Å²) in [5, 5.41) is 7.00. The highest BCUT2D eigenvalue weighted by molar-refractivity contribution is 7.89. The molecule has 0 amide bonds. The van der Waals surface area contributed by atoms with E-state index in [-0.39, 0.29) is 34.9 Å². The van der Waals surface area contributed by atoms with Gasteiger partial charge >= 0.3 is 0 Å². The molecule has 0 spiro atoms. The van der Waals surface area contributed by atoms with Crippen molar-refractivity contribution in [2.75, 3.05) is 18.8 Å². The van der Waals surface area contributed by atoms with Crippen LogP contribution in [0, 0.1) is 0 Å². The zero-order valence-corrected chi connectivity index (χ0v) is 17.8. The van der Waals surface area contributed by atoms with Gasteiger partial charge in [0.1, 0.15) is 17.4 Å². The number of para-hydroxylation sites is 1. The number of H-pyrrole nitrogens is 1. The number of anilines is 1. The van der Waals surface area contributed by atoms with Gasteiger partial charge in [0.2, 0.25) is 10.0 Å². The number of aromatic amines is 1. The summed E-state index contributed by atoms with van der Waals surface area (Å²) in [7, 11) is -3.67. The predicted octanol–water partition coefficient (Wildman–Crippen LogP) is 3.31.